The Morgan fingerprint density at radius 3 is 1.43 bits per heavy atom. The minimum Gasteiger partial charge on any atom is -0.508 e. The summed E-state index contributed by atoms with van der Waals surface area (Å²) >= 11 is 0. The van der Waals surface area contributed by atoms with Crippen molar-refractivity contribution >= 4 is 29.6 Å². The second-order valence-electron chi connectivity index (χ2n) is 9.70. The molecule has 13 nitrogen and oxygen atoms in total. The van der Waals surface area contributed by atoms with Crippen LogP contribution in [0.1, 0.15) is 31.4 Å². The molecule has 0 saturated heterocycles. The van der Waals surface area contributed by atoms with E-state index in [0.29, 0.717) is 11.1 Å². The van der Waals surface area contributed by atoms with Crippen molar-refractivity contribution in [3.63, 3.8) is 0 Å². The van der Waals surface area contributed by atoms with E-state index in [1.165, 1.54) is 36.4 Å². The van der Waals surface area contributed by atoms with Gasteiger partial charge in [-0.15, -0.1) is 0 Å². The lowest BCUT2D eigenvalue weighted by Gasteiger charge is -2.26. The summed E-state index contributed by atoms with van der Waals surface area (Å²) in [6.07, 6.45) is -0.810. The number of nitrogens with one attached hydrogen (secondary N) is 3. The van der Waals surface area contributed by atoms with Crippen LogP contribution in [0, 0.1) is 5.92 Å². The van der Waals surface area contributed by atoms with E-state index in [4.69, 9.17) is 11.5 Å². The molecule has 0 radical (unpaired) electrons. The number of hydrogen-bond donors (Lipinski definition) is 8. The summed E-state index contributed by atoms with van der Waals surface area (Å²) in [5.41, 5.74) is 12.2. The number of primary amides is 1. The number of carbonyl (C=O) groups is 5. The maximum Gasteiger partial charge on any atom is 0.326 e. The van der Waals surface area contributed by atoms with Gasteiger partial charge in [-0.2, -0.15) is 0 Å². The van der Waals surface area contributed by atoms with Gasteiger partial charge in [-0.3, -0.25) is 19.2 Å². The van der Waals surface area contributed by atoms with Crippen molar-refractivity contribution in [1.29, 1.82) is 0 Å². The van der Waals surface area contributed by atoms with Crippen LogP contribution in [0.25, 0.3) is 0 Å². The third kappa shape index (κ3) is 9.91. The summed E-state index contributed by atoms with van der Waals surface area (Å²) < 4.78 is 0. The van der Waals surface area contributed by atoms with E-state index in [-0.39, 0.29) is 30.3 Å². The molecule has 216 valence electrons. The Bertz CT molecular complexity index is 1200. The number of phenols is 2. The van der Waals surface area contributed by atoms with Gasteiger partial charge >= 0.3 is 5.97 Å². The van der Waals surface area contributed by atoms with Gasteiger partial charge in [0.1, 0.15) is 29.6 Å². The Balaban J connectivity index is 2.35. The molecule has 0 heterocycles. The molecule has 0 aliphatic rings. The molecular formula is C27H35N5O8. The molecule has 0 spiro atoms. The van der Waals surface area contributed by atoms with Crippen molar-refractivity contribution < 1.29 is 39.3 Å². The maximum atomic E-state index is 13.5. The van der Waals surface area contributed by atoms with Crippen LogP contribution in [0.3, 0.4) is 0 Å². The zero-order chi connectivity index (χ0) is 30.0. The van der Waals surface area contributed by atoms with E-state index >= 15 is 0 Å². The summed E-state index contributed by atoms with van der Waals surface area (Å²) in [7, 11) is 0. The average Bonchev–Trinajstić information content (AvgIpc) is 2.88. The van der Waals surface area contributed by atoms with Crippen molar-refractivity contribution in [1.82, 2.24) is 16.0 Å². The first kappa shape index (κ1) is 31.6. The van der Waals surface area contributed by atoms with Crippen molar-refractivity contribution in [3.8, 4) is 11.5 Å². The molecule has 0 bridgehead atoms. The highest BCUT2D eigenvalue weighted by Crippen LogP contribution is 2.14. The van der Waals surface area contributed by atoms with Crippen LogP contribution in [0.15, 0.2) is 48.5 Å². The predicted octanol–water partition coefficient (Wildman–Crippen LogP) is -0.719. The number of benzene rings is 2. The summed E-state index contributed by atoms with van der Waals surface area (Å²) in [6, 6.07) is 6.63. The second-order valence-corrected chi connectivity index (χ2v) is 9.70. The third-order valence-corrected chi connectivity index (χ3v) is 6.06. The predicted molar refractivity (Wildman–Crippen MR) is 144 cm³/mol. The zero-order valence-corrected chi connectivity index (χ0v) is 22.2. The molecule has 10 N–H and O–H groups in total. The molecule has 4 unspecified atom stereocenters. The molecule has 4 atom stereocenters. The van der Waals surface area contributed by atoms with E-state index in [2.05, 4.69) is 16.0 Å². The molecule has 0 aromatic heterocycles. The van der Waals surface area contributed by atoms with Crippen LogP contribution in [-0.2, 0) is 36.8 Å². The fourth-order valence-electron chi connectivity index (χ4n) is 3.67. The monoisotopic (exact) mass is 557 g/mol. The summed E-state index contributed by atoms with van der Waals surface area (Å²) in [5.74, 6) is -4.98. The van der Waals surface area contributed by atoms with Gasteiger partial charge in [-0.1, -0.05) is 38.1 Å². The Hall–Kier alpha value is -4.65. The molecule has 2 rings (SSSR count). The molecule has 0 aliphatic carbocycles. The number of aromatic hydroxyl groups is 2. The number of carboxylic acid groups (broad SMARTS) is 1. The largest absolute Gasteiger partial charge is 0.508 e. The highest BCUT2D eigenvalue weighted by Gasteiger charge is 2.31. The molecule has 0 fully saturated rings. The lowest BCUT2D eigenvalue weighted by atomic mass is 10.0. The first-order valence-electron chi connectivity index (χ1n) is 12.5. The lowest BCUT2D eigenvalue weighted by Crippen LogP contribution is -2.58. The van der Waals surface area contributed by atoms with Crippen LogP contribution < -0.4 is 27.4 Å². The van der Waals surface area contributed by atoms with Crippen molar-refractivity contribution in [2.75, 3.05) is 0 Å². The molecule has 40 heavy (non-hydrogen) atoms. The van der Waals surface area contributed by atoms with Gasteiger partial charge in [0.25, 0.3) is 0 Å². The van der Waals surface area contributed by atoms with Gasteiger partial charge < -0.3 is 42.7 Å². The highest BCUT2D eigenvalue weighted by atomic mass is 16.4. The van der Waals surface area contributed by atoms with Crippen molar-refractivity contribution in [2.24, 2.45) is 17.4 Å². The Kier molecular flexibility index (Phi) is 11.4. The Labute approximate surface area is 230 Å². The fraction of sp³-hybridized carbons (Fsp3) is 0.370. The number of nitrogens with two attached hydrogens (primary N) is 2. The zero-order valence-electron chi connectivity index (χ0n) is 22.2. The van der Waals surface area contributed by atoms with E-state index in [1.54, 1.807) is 26.0 Å². The summed E-state index contributed by atoms with van der Waals surface area (Å²) in [5, 5.41) is 36.0. The average molecular weight is 558 g/mol. The van der Waals surface area contributed by atoms with Crippen molar-refractivity contribution in [2.45, 2.75) is 57.3 Å². The second kappa shape index (κ2) is 14.5. The molecule has 4 amide bonds. The number of aliphatic carboxylic acids is 1. The Morgan fingerprint density at radius 2 is 1.07 bits per heavy atom. The van der Waals surface area contributed by atoms with Gasteiger partial charge in [0.15, 0.2) is 0 Å². The van der Waals surface area contributed by atoms with E-state index in [0.717, 1.165) is 0 Å². The summed E-state index contributed by atoms with van der Waals surface area (Å²) in [4.78, 5) is 62.2. The van der Waals surface area contributed by atoms with E-state index < -0.39 is 60.2 Å². The van der Waals surface area contributed by atoms with Gasteiger partial charge in [-0.25, -0.2) is 4.79 Å². The molecule has 2 aromatic rings. The van der Waals surface area contributed by atoms with Crippen molar-refractivity contribution in [3.05, 3.63) is 59.7 Å². The molecule has 0 aliphatic heterocycles. The third-order valence-electron chi connectivity index (χ3n) is 6.06. The van der Waals surface area contributed by atoms with Gasteiger partial charge in [-0.05, 0) is 41.3 Å². The number of hydrogen-bond acceptors (Lipinski definition) is 8. The van der Waals surface area contributed by atoms with Crippen LogP contribution in [0.5, 0.6) is 11.5 Å². The topological polar surface area (TPSA) is 234 Å². The number of amides is 4. The smallest absolute Gasteiger partial charge is 0.326 e. The van der Waals surface area contributed by atoms with E-state index in [9.17, 15) is 39.3 Å². The van der Waals surface area contributed by atoms with Gasteiger partial charge in [0, 0.05) is 12.8 Å². The number of carbonyl (C=O) groups excluding carboxylic acids is 4. The van der Waals surface area contributed by atoms with Gasteiger partial charge in [0.2, 0.25) is 23.6 Å². The van der Waals surface area contributed by atoms with Gasteiger partial charge in [0.05, 0.1) is 12.5 Å². The highest BCUT2D eigenvalue weighted by molar-refractivity contribution is 5.95. The first-order chi connectivity index (χ1) is 18.8. The Morgan fingerprint density at radius 1 is 0.700 bits per heavy atom. The van der Waals surface area contributed by atoms with Crippen LogP contribution in [0.4, 0.5) is 0 Å². The van der Waals surface area contributed by atoms with Crippen LogP contribution >= 0.6 is 0 Å². The minimum absolute atomic E-state index is 0.00481. The standard InChI is InChI=1S/C27H35N5O8/c1-14(2)23(29)26(38)31-20(12-16-5-9-18(34)10-6-16)24(36)30-19(11-15-3-7-17(33)8-4-15)25(37)32-21(27(39)40)13-22(28)35/h3-10,14,19-21,23,33-34H,11-13,29H2,1-2H3,(H2,28,35)(H,30,36)(H,31,38)(H,32,37)(H,39,40). The number of phenolic OH excluding ortho intramolecular Hbond substituents is 2. The maximum absolute atomic E-state index is 13.5. The van der Waals surface area contributed by atoms with Crippen LogP contribution in [0.2, 0.25) is 0 Å². The number of carboxylic acids is 1. The first-order valence-corrected chi connectivity index (χ1v) is 12.5. The fourth-order valence-corrected chi connectivity index (χ4v) is 3.67. The molecular weight excluding hydrogens is 522 g/mol. The molecule has 2 aromatic carbocycles. The SMILES string of the molecule is CC(C)C(N)C(=O)NC(Cc1ccc(O)cc1)C(=O)NC(Cc1ccc(O)cc1)C(=O)NC(CC(N)=O)C(=O)O. The number of rotatable bonds is 14. The quantitative estimate of drug-likeness (QED) is 0.146. The lowest BCUT2D eigenvalue weighted by molar-refractivity contribution is -0.143. The summed E-state index contributed by atoms with van der Waals surface area (Å²) in [6.45, 7) is 3.48. The normalized spacial score (nSPS) is 13.9. The van der Waals surface area contributed by atoms with Crippen LogP contribution in [-0.4, -0.2) is 69.1 Å². The van der Waals surface area contributed by atoms with E-state index in [1.807, 2.05) is 0 Å². The molecule has 13 heteroatoms. The minimum atomic E-state index is -1.64. The molecule has 0 saturated carbocycles.